The van der Waals surface area contributed by atoms with E-state index in [1.807, 2.05) is 60.7 Å². The average Bonchev–Trinajstić information content (AvgIpc) is 3.38. The molecule has 3 heterocycles. The zero-order chi connectivity index (χ0) is 25.4. The molecule has 2 aliphatic rings. The van der Waals surface area contributed by atoms with Crippen LogP contribution in [0, 0.1) is 0 Å². The minimum Gasteiger partial charge on any atom is -0.378 e. The van der Waals surface area contributed by atoms with Gasteiger partial charge in [0.05, 0.1) is 30.7 Å². The number of benzene rings is 3. The highest BCUT2D eigenvalue weighted by Gasteiger charge is 2.27. The smallest absolute Gasteiger partial charge is 0.272 e. The first-order chi connectivity index (χ1) is 18.1. The third kappa shape index (κ3) is 4.40. The van der Waals surface area contributed by atoms with Gasteiger partial charge in [0, 0.05) is 41.8 Å². The highest BCUT2D eigenvalue weighted by atomic mass is 16.5. The van der Waals surface area contributed by atoms with E-state index >= 15 is 0 Å². The topological polar surface area (TPSA) is 95.6 Å². The number of aromatic nitrogens is 2. The number of aromatic amines is 1. The number of hydrogen-bond donors (Lipinski definition) is 1. The third-order valence-electron chi connectivity index (χ3n) is 7.11. The summed E-state index contributed by atoms with van der Waals surface area (Å²) in [4.78, 5) is 41.9. The van der Waals surface area contributed by atoms with Crippen LogP contribution < -0.4 is 10.5 Å². The summed E-state index contributed by atoms with van der Waals surface area (Å²) in [5.41, 5.74) is 4.73. The predicted molar refractivity (Wildman–Crippen MR) is 141 cm³/mol. The Morgan fingerprint density at radius 1 is 0.919 bits per heavy atom. The van der Waals surface area contributed by atoms with E-state index in [0.717, 1.165) is 34.2 Å². The summed E-state index contributed by atoms with van der Waals surface area (Å²) in [6.45, 7) is 2.87. The van der Waals surface area contributed by atoms with Gasteiger partial charge in [-0.3, -0.25) is 14.4 Å². The zero-order valence-electron chi connectivity index (χ0n) is 20.3. The molecule has 186 valence electrons. The van der Waals surface area contributed by atoms with E-state index in [1.54, 1.807) is 15.9 Å². The van der Waals surface area contributed by atoms with Gasteiger partial charge in [-0.25, -0.2) is 5.10 Å². The molecule has 0 aliphatic carbocycles. The number of nitrogens with one attached hydrogen (secondary N) is 1. The summed E-state index contributed by atoms with van der Waals surface area (Å²) in [7, 11) is 0. The predicted octanol–water partition coefficient (Wildman–Crippen LogP) is 3.19. The van der Waals surface area contributed by atoms with E-state index in [0.29, 0.717) is 49.5 Å². The molecular weight excluding hydrogens is 468 g/mol. The number of morpholine rings is 1. The molecule has 1 fully saturated rings. The van der Waals surface area contributed by atoms with Crippen molar-refractivity contribution in [3.63, 3.8) is 0 Å². The first-order valence-corrected chi connectivity index (χ1v) is 12.5. The maximum atomic E-state index is 13.3. The lowest BCUT2D eigenvalue weighted by Gasteiger charge is -2.27. The molecule has 0 atom stereocenters. The van der Waals surface area contributed by atoms with Crippen molar-refractivity contribution in [2.75, 3.05) is 37.7 Å². The summed E-state index contributed by atoms with van der Waals surface area (Å²) < 4.78 is 5.36. The fraction of sp³-hybridized carbons (Fsp3) is 0.241. The van der Waals surface area contributed by atoms with Crippen molar-refractivity contribution in [2.24, 2.45) is 0 Å². The molecule has 8 nitrogen and oxygen atoms in total. The SMILES string of the molecule is O=C(c1ccc2c(c1)N(C(=O)Cc1ccc(-c3n[nH]c(=O)c4ccccc34)cc1)CC2)N1CCOCC1. The fourth-order valence-corrected chi connectivity index (χ4v) is 5.11. The van der Waals surface area contributed by atoms with Gasteiger partial charge in [-0.1, -0.05) is 48.5 Å². The van der Waals surface area contributed by atoms with E-state index in [-0.39, 0.29) is 23.8 Å². The van der Waals surface area contributed by atoms with E-state index in [9.17, 15) is 14.4 Å². The number of rotatable bonds is 4. The number of carbonyl (C=O) groups is 2. The number of anilines is 1. The Bertz CT molecular complexity index is 1550. The lowest BCUT2D eigenvalue weighted by Crippen LogP contribution is -2.40. The van der Waals surface area contributed by atoms with Crippen molar-refractivity contribution in [1.29, 1.82) is 0 Å². The molecule has 8 heteroatoms. The van der Waals surface area contributed by atoms with Gasteiger partial charge in [0.1, 0.15) is 0 Å². The van der Waals surface area contributed by atoms with Gasteiger partial charge in [0.25, 0.3) is 11.5 Å². The second-order valence-corrected chi connectivity index (χ2v) is 9.36. The molecule has 0 spiro atoms. The van der Waals surface area contributed by atoms with Crippen LogP contribution in [0.3, 0.4) is 0 Å². The molecule has 1 saturated heterocycles. The quantitative estimate of drug-likeness (QED) is 0.470. The molecule has 37 heavy (non-hydrogen) atoms. The monoisotopic (exact) mass is 494 g/mol. The molecule has 4 aromatic rings. The molecule has 0 unspecified atom stereocenters. The van der Waals surface area contributed by atoms with Gasteiger partial charge < -0.3 is 14.5 Å². The molecule has 2 amide bonds. The third-order valence-corrected chi connectivity index (χ3v) is 7.11. The number of carbonyl (C=O) groups excluding carboxylic acids is 2. The van der Waals surface area contributed by atoms with Crippen molar-refractivity contribution in [2.45, 2.75) is 12.8 Å². The Balaban J connectivity index is 1.20. The summed E-state index contributed by atoms with van der Waals surface area (Å²) in [6, 6.07) is 20.7. The fourth-order valence-electron chi connectivity index (χ4n) is 5.11. The standard InChI is InChI=1S/C29H26N4O4/c34-26(33-12-11-20-9-10-22(18-25(20)33)29(36)32-13-15-37-16-14-32)17-19-5-7-21(8-6-19)27-23-3-1-2-4-24(23)28(35)31-30-27/h1-10,18H,11-17H2,(H,31,35). The Morgan fingerprint density at radius 3 is 2.46 bits per heavy atom. The van der Waals surface area contributed by atoms with Gasteiger partial charge in [-0.2, -0.15) is 5.10 Å². The largest absolute Gasteiger partial charge is 0.378 e. The van der Waals surface area contributed by atoms with Crippen molar-refractivity contribution in [3.05, 3.63) is 93.8 Å². The van der Waals surface area contributed by atoms with Gasteiger partial charge >= 0.3 is 0 Å². The molecule has 6 rings (SSSR count). The van der Waals surface area contributed by atoms with Crippen LogP contribution in [0.15, 0.2) is 71.5 Å². The second kappa shape index (κ2) is 9.63. The van der Waals surface area contributed by atoms with Crippen LogP contribution in [0.5, 0.6) is 0 Å². The van der Waals surface area contributed by atoms with Gasteiger partial charge in [-0.15, -0.1) is 0 Å². The first-order valence-electron chi connectivity index (χ1n) is 12.5. The molecule has 2 aliphatic heterocycles. The first kappa shape index (κ1) is 23.1. The molecule has 3 aromatic carbocycles. The maximum Gasteiger partial charge on any atom is 0.272 e. The minimum atomic E-state index is -0.220. The molecule has 1 N–H and O–H groups in total. The van der Waals surface area contributed by atoms with Crippen LogP contribution in [-0.2, 0) is 22.4 Å². The van der Waals surface area contributed by atoms with Gasteiger partial charge in [0.2, 0.25) is 5.91 Å². The number of fused-ring (bicyclic) bond motifs is 2. The molecule has 1 aromatic heterocycles. The van der Waals surface area contributed by atoms with Crippen molar-refractivity contribution in [1.82, 2.24) is 15.1 Å². The number of nitrogens with zero attached hydrogens (tertiary/aromatic N) is 3. The lowest BCUT2D eigenvalue weighted by atomic mass is 10.0. The summed E-state index contributed by atoms with van der Waals surface area (Å²) >= 11 is 0. The van der Waals surface area contributed by atoms with Crippen LogP contribution in [0.2, 0.25) is 0 Å². The van der Waals surface area contributed by atoms with Gasteiger partial charge in [0.15, 0.2) is 0 Å². The highest BCUT2D eigenvalue weighted by molar-refractivity contribution is 6.00. The van der Waals surface area contributed by atoms with Crippen molar-refractivity contribution in [3.8, 4) is 11.3 Å². The summed E-state index contributed by atoms with van der Waals surface area (Å²) in [5, 5.41) is 8.20. The van der Waals surface area contributed by atoms with E-state index < -0.39 is 0 Å². The van der Waals surface area contributed by atoms with Crippen LogP contribution >= 0.6 is 0 Å². The number of ether oxygens (including phenoxy) is 1. The Hall–Kier alpha value is -4.30. The minimum absolute atomic E-state index is 0.00455. The van der Waals surface area contributed by atoms with Crippen LogP contribution in [0.4, 0.5) is 5.69 Å². The molecular formula is C29H26N4O4. The Morgan fingerprint density at radius 2 is 1.68 bits per heavy atom. The van der Waals surface area contributed by atoms with Crippen LogP contribution in [-0.4, -0.2) is 59.8 Å². The Labute approximate surface area is 213 Å². The molecule has 0 saturated carbocycles. The van der Waals surface area contributed by atoms with Gasteiger partial charge in [-0.05, 0) is 35.7 Å². The zero-order valence-corrected chi connectivity index (χ0v) is 20.3. The maximum absolute atomic E-state index is 13.3. The van der Waals surface area contributed by atoms with Crippen molar-refractivity contribution >= 4 is 28.3 Å². The highest BCUT2D eigenvalue weighted by Crippen LogP contribution is 2.31. The van der Waals surface area contributed by atoms with Crippen molar-refractivity contribution < 1.29 is 14.3 Å². The molecule has 0 bridgehead atoms. The number of amides is 2. The lowest BCUT2D eigenvalue weighted by molar-refractivity contribution is -0.117. The number of H-pyrrole nitrogens is 1. The summed E-state index contributed by atoms with van der Waals surface area (Å²) in [6.07, 6.45) is 1.03. The van der Waals surface area contributed by atoms with Crippen LogP contribution in [0.1, 0.15) is 21.5 Å². The second-order valence-electron chi connectivity index (χ2n) is 9.36. The van der Waals surface area contributed by atoms with Crippen LogP contribution in [0.25, 0.3) is 22.0 Å². The van der Waals surface area contributed by atoms with E-state index in [2.05, 4.69) is 10.2 Å². The Kier molecular flexibility index (Phi) is 6.02. The summed E-state index contributed by atoms with van der Waals surface area (Å²) in [5.74, 6) is -0.0283. The average molecular weight is 495 g/mol. The van der Waals surface area contributed by atoms with E-state index in [1.165, 1.54) is 0 Å². The number of hydrogen-bond acceptors (Lipinski definition) is 5. The molecule has 0 radical (unpaired) electrons. The normalized spacial score (nSPS) is 15.1. The van der Waals surface area contributed by atoms with E-state index in [4.69, 9.17) is 4.74 Å².